The number of aromatic nitrogens is 3. The van der Waals surface area contributed by atoms with Crippen LogP contribution in [-0.2, 0) is 7.05 Å². The Kier molecular flexibility index (Phi) is 3.65. The van der Waals surface area contributed by atoms with E-state index in [1.807, 2.05) is 75.4 Å². The lowest BCUT2D eigenvalue weighted by atomic mass is 10.0. The summed E-state index contributed by atoms with van der Waals surface area (Å²) < 4.78 is 41.4. The third-order valence-corrected chi connectivity index (χ3v) is 7.24. The number of furan rings is 2. The zero-order chi connectivity index (χ0) is 27.2. The molecule has 0 spiro atoms. The average molecular weight is 476 g/mol. The predicted molar refractivity (Wildman–Crippen MR) is 144 cm³/mol. The fraction of sp³-hybridized carbons (Fsp3) is 0.161. The van der Waals surface area contributed by atoms with Crippen LogP contribution in [0.4, 0.5) is 0 Å². The minimum atomic E-state index is -2.46. The van der Waals surface area contributed by atoms with Crippen molar-refractivity contribution >= 4 is 43.9 Å². The summed E-state index contributed by atoms with van der Waals surface area (Å²) >= 11 is 0. The number of benzene rings is 4. The molecule has 4 aromatic carbocycles. The number of nitrogens with zero attached hydrogens (tertiary/aromatic N) is 3. The van der Waals surface area contributed by atoms with Crippen molar-refractivity contribution in [3.05, 3.63) is 89.2 Å². The summed E-state index contributed by atoms with van der Waals surface area (Å²) in [6.07, 6.45) is 0. The van der Waals surface area contributed by atoms with Crippen molar-refractivity contribution in [2.75, 3.05) is 0 Å². The molecule has 7 aromatic rings. The third-order valence-electron chi connectivity index (χ3n) is 7.24. The summed E-state index contributed by atoms with van der Waals surface area (Å²) in [7, 11) is 1.78. The number of para-hydroxylation sites is 2. The van der Waals surface area contributed by atoms with E-state index < -0.39 is 6.85 Å². The lowest BCUT2D eigenvalue weighted by molar-refractivity contribution is -0.592. The van der Waals surface area contributed by atoms with E-state index in [0.29, 0.717) is 11.4 Å². The van der Waals surface area contributed by atoms with Crippen molar-refractivity contribution in [2.24, 2.45) is 7.05 Å². The second kappa shape index (κ2) is 7.31. The van der Waals surface area contributed by atoms with Crippen molar-refractivity contribution in [1.82, 2.24) is 9.78 Å². The first-order chi connectivity index (χ1) is 18.6. The van der Waals surface area contributed by atoms with Gasteiger partial charge in [0.15, 0.2) is 0 Å². The van der Waals surface area contributed by atoms with E-state index in [1.54, 1.807) is 16.3 Å². The van der Waals surface area contributed by atoms with Crippen LogP contribution in [0.3, 0.4) is 0 Å². The van der Waals surface area contributed by atoms with Gasteiger partial charge in [0, 0.05) is 43.2 Å². The highest BCUT2D eigenvalue weighted by molar-refractivity contribution is 6.10. The van der Waals surface area contributed by atoms with Gasteiger partial charge in [0.05, 0.1) is 12.6 Å². The highest BCUT2D eigenvalue weighted by Gasteiger charge is 2.31. The third kappa shape index (κ3) is 2.71. The Morgan fingerprint density at radius 1 is 0.778 bits per heavy atom. The molecule has 5 heteroatoms. The van der Waals surface area contributed by atoms with Gasteiger partial charge in [-0.3, -0.25) is 0 Å². The molecule has 0 amide bonds. The Morgan fingerprint density at radius 2 is 1.44 bits per heavy atom. The second-order valence-electron chi connectivity index (χ2n) is 9.48. The first-order valence-electron chi connectivity index (χ1n) is 13.5. The molecule has 7 rings (SSSR count). The van der Waals surface area contributed by atoms with E-state index in [9.17, 15) is 0 Å². The Balaban J connectivity index is 1.64. The van der Waals surface area contributed by atoms with Gasteiger partial charge in [-0.05, 0) is 50.1 Å². The molecule has 0 aliphatic heterocycles. The van der Waals surface area contributed by atoms with Crippen LogP contribution in [0.2, 0.25) is 0 Å². The van der Waals surface area contributed by atoms with Crippen LogP contribution in [0.5, 0.6) is 0 Å². The molecular formula is C31H26N3O2+. The van der Waals surface area contributed by atoms with Crippen LogP contribution < -0.4 is 4.57 Å². The highest BCUT2D eigenvalue weighted by Crippen LogP contribution is 2.38. The SMILES string of the molecule is [2H]C([2H])([2H])c1nn(C)c(-c2c(C)ccc3c2oc2ccccc23)[n+]1-c1c(C)cc2c(oc3ccccc32)c1C. The van der Waals surface area contributed by atoms with Crippen LogP contribution in [0, 0.1) is 27.6 Å². The zero-order valence-electron chi connectivity index (χ0n) is 23.5. The molecule has 3 heterocycles. The maximum Gasteiger partial charge on any atom is 0.279 e. The summed E-state index contributed by atoms with van der Waals surface area (Å²) in [5.41, 5.74) is 7.27. The van der Waals surface area contributed by atoms with Gasteiger partial charge in [-0.15, -0.1) is 4.68 Å². The van der Waals surface area contributed by atoms with Gasteiger partial charge in [0.2, 0.25) is 0 Å². The van der Waals surface area contributed by atoms with E-state index in [-0.39, 0.29) is 5.82 Å². The standard InChI is InChI=1S/C31H26N3O2/c1-17-14-15-23-21-10-6-8-12-25(21)36-30(23)27(17)31-33(5)32-20(4)34(31)28-18(2)16-24-22-11-7-9-13-26(22)35-29(24)19(28)3/h6-16H,1-5H3/q+1/i4D3. The van der Waals surface area contributed by atoms with Crippen LogP contribution in [0.15, 0.2) is 75.6 Å². The van der Waals surface area contributed by atoms with Gasteiger partial charge < -0.3 is 8.83 Å². The number of hydrogen-bond acceptors (Lipinski definition) is 3. The van der Waals surface area contributed by atoms with Crippen LogP contribution in [0.25, 0.3) is 61.0 Å². The fourth-order valence-corrected chi connectivity index (χ4v) is 5.65. The van der Waals surface area contributed by atoms with Crippen molar-refractivity contribution in [2.45, 2.75) is 27.6 Å². The lowest BCUT2D eigenvalue weighted by Gasteiger charge is -2.12. The van der Waals surface area contributed by atoms with E-state index in [2.05, 4.69) is 17.2 Å². The van der Waals surface area contributed by atoms with Crippen molar-refractivity contribution in [3.63, 3.8) is 0 Å². The Hall–Kier alpha value is -4.38. The predicted octanol–water partition coefficient (Wildman–Crippen LogP) is 7.40. The molecule has 0 aliphatic carbocycles. The molecule has 0 radical (unpaired) electrons. The molecule has 0 saturated heterocycles. The molecule has 3 aromatic heterocycles. The minimum Gasteiger partial charge on any atom is -0.456 e. The molecular weight excluding hydrogens is 446 g/mol. The summed E-state index contributed by atoms with van der Waals surface area (Å²) in [5, 5.41) is 8.59. The Morgan fingerprint density at radius 3 is 2.17 bits per heavy atom. The minimum absolute atomic E-state index is 0.0193. The Bertz CT molecular complexity index is 2110. The molecule has 0 fully saturated rings. The smallest absolute Gasteiger partial charge is 0.279 e. The summed E-state index contributed by atoms with van der Waals surface area (Å²) in [6.45, 7) is 3.53. The quantitative estimate of drug-likeness (QED) is 0.245. The first kappa shape index (κ1) is 18.0. The maximum atomic E-state index is 8.42. The summed E-state index contributed by atoms with van der Waals surface area (Å²) in [5.74, 6) is 0.610. The number of fused-ring (bicyclic) bond motifs is 6. The monoisotopic (exact) mass is 475 g/mol. The molecule has 0 aliphatic rings. The van der Waals surface area contributed by atoms with Gasteiger partial charge in [-0.25, -0.2) is 0 Å². The van der Waals surface area contributed by atoms with E-state index in [1.165, 1.54) is 0 Å². The van der Waals surface area contributed by atoms with Crippen molar-refractivity contribution < 1.29 is 17.5 Å². The number of hydrogen-bond donors (Lipinski definition) is 0. The van der Waals surface area contributed by atoms with Gasteiger partial charge in [-0.1, -0.05) is 48.5 Å². The number of aryl methyl sites for hydroxylation is 5. The molecule has 0 unspecified atom stereocenters. The Labute approximate surface area is 212 Å². The molecule has 0 saturated carbocycles. The largest absolute Gasteiger partial charge is 0.456 e. The molecule has 0 atom stereocenters. The van der Waals surface area contributed by atoms with E-state index >= 15 is 0 Å². The van der Waals surface area contributed by atoms with Crippen molar-refractivity contribution in [1.29, 1.82) is 0 Å². The highest BCUT2D eigenvalue weighted by atomic mass is 16.3. The molecule has 0 N–H and O–H groups in total. The second-order valence-corrected chi connectivity index (χ2v) is 9.48. The topological polar surface area (TPSA) is 48.0 Å². The van der Waals surface area contributed by atoms with Gasteiger partial charge in [0.25, 0.3) is 11.6 Å². The zero-order valence-corrected chi connectivity index (χ0v) is 20.5. The van der Waals surface area contributed by atoms with Gasteiger partial charge in [0.1, 0.15) is 28.0 Å². The number of rotatable bonds is 2. The molecule has 176 valence electrons. The fourth-order valence-electron chi connectivity index (χ4n) is 5.65. The van der Waals surface area contributed by atoms with Crippen molar-refractivity contribution in [3.8, 4) is 17.1 Å². The normalized spacial score (nSPS) is 13.6. The molecule has 36 heavy (non-hydrogen) atoms. The first-order valence-corrected chi connectivity index (χ1v) is 12.0. The summed E-state index contributed by atoms with van der Waals surface area (Å²) in [4.78, 5) is 0. The van der Waals surface area contributed by atoms with Crippen LogP contribution in [-0.4, -0.2) is 9.78 Å². The van der Waals surface area contributed by atoms with Gasteiger partial charge in [-0.2, -0.15) is 4.57 Å². The van der Waals surface area contributed by atoms with Crippen LogP contribution in [0.1, 0.15) is 26.6 Å². The van der Waals surface area contributed by atoms with Gasteiger partial charge >= 0.3 is 0 Å². The van der Waals surface area contributed by atoms with E-state index in [0.717, 1.165) is 66.2 Å². The average Bonchev–Trinajstić information content (AvgIpc) is 3.56. The van der Waals surface area contributed by atoms with Crippen LogP contribution >= 0.6 is 0 Å². The molecule has 0 bridgehead atoms. The molecule has 5 nitrogen and oxygen atoms in total. The summed E-state index contributed by atoms with van der Waals surface area (Å²) in [6, 6.07) is 22.0. The maximum absolute atomic E-state index is 8.42. The van der Waals surface area contributed by atoms with E-state index in [4.69, 9.17) is 12.9 Å². The lowest BCUT2D eigenvalue weighted by Crippen LogP contribution is -2.37.